The molecule has 0 aliphatic heterocycles. The molecule has 18 heavy (non-hydrogen) atoms. The van der Waals surface area contributed by atoms with Gasteiger partial charge in [0.15, 0.2) is 0 Å². The Morgan fingerprint density at radius 3 is 2.67 bits per heavy atom. The van der Waals surface area contributed by atoms with Crippen molar-refractivity contribution >= 4 is 17.7 Å². The molecule has 1 N–H and O–H groups in total. The summed E-state index contributed by atoms with van der Waals surface area (Å²) in [5.74, 6) is 0.800. The maximum Gasteiger partial charge on any atom is 0.230 e. The minimum atomic E-state index is -0.0622. The molecule has 6 heteroatoms. The van der Waals surface area contributed by atoms with Crippen LogP contribution in [0.5, 0.6) is 0 Å². The number of thioether (sulfide) groups is 1. The number of hydrogen-bond acceptors (Lipinski definition) is 5. The van der Waals surface area contributed by atoms with Crippen molar-refractivity contribution in [2.24, 2.45) is 0 Å². The molecular formula is C12H16N4OS. The molecular weight excluding hydrogens is 248 g/mol. The fraction of sp³-hybridized carbons (Fsp3) is 0.500. The number of aryl methyl sites for hydroxylation is 2. The lowest BCUT2D eigenvalue weighted by atomic mass is 10.3. The van der Waals surface area contributed by atoms with E-state index in [4.69, 9.17) is 5.26 Å². The van der Waals surface area contributed by atoms with E-state index < -0.39 is 0 Å². The van der Waals surface area contributed by atoms with Gasteiger partial charge in [-0.1, -0.05) is 11.8 Å². The Morgan fingerprint density at radius 1 is 1.44 bits per heavy atom. The van der Waals surface area contributed by atoms with Crippen molar-refractivity contribution in [2.45, 2.75) is 38.8 Å². The van der Waals surface area contributed by atoms with Crippen LogP contribution in [0.15, 0.2) is 5.03 Å². The fourth-order valence-electron chi connectivity index (χ4n) is 1.41. The third kappa shape index (κ3) is 4.00. The molecule has 0 fully saturated rings. The first-order chi connectivity index (χ1) is 8.43. The number of nitriles is 1. The van der Waals surface area contributed by atoms with E-state index >= 15 is 0 Å². The van der Waals surface area contributed by atoms with E-state index in [0.29, 0.717) is 22.1 Å². The lowest BCUT2D eigenvalue weighted by Crippen LogP contribution is -2.31. The number of carbonyl (C=O) groups excluding carboxylic acids is 1. The van der Waals surface area contributed by atoms with Crippen molar-refractivity contribution in [1.82, 2.24) is 15.3 Å². The molecule has 0 saturated heterocycles. The van der Waals surface area contributed by atoms with E-state index in [-0.39, 0.29) is 17.7 Å². The Kier molecular flexibility index (Phi) is 5.10. The summed E-state index contributed by atoms with van der Waals surface area (Å²) in [6.07, 6.45) is 0. The molecule has 1 aromatic rings. The van der Waals surface area contributed by atoms with Gasteiger partial charge in [0.1, 0.15) is 22.5 Å². The minimum Gasteiger partial charge on any atom is -0.353 e. The second-order valence-electron chi connectivity index (χ2n) is 4.16. The van der Waals surface area contributed by atoms with Crippen LogP contribution in [-0.2, 0) is 4.79 Å². The minimum absolute atomic E-state index is 0.0622. The Hall–Kier alpha value is -1.61. The molecule has 5 nitrogen and oxygen atoms in total. The molecule has 1 rings (SSSR count). The largest absolute Gasteiger partial charge is 0.353 e. The van der Waals surface area contributed by atoms with E-state index in [2.05, 4.69) is 21.4 Å². The smallest absolute Gasteiger partial charge is 0.230 e. The molecule has 0 aliphatic carbocycles. The third-order valence-electron chi connectivity index (χ3n) is 2.07. The highest BCUT2D eigenvalue weighted by Crippen LogP contribution is 2.21. The number of carbonyl (C=O) groups is 1. The van der Waals surface area contributed by atoms with Crippen molar-refractivity contribution in [2.75, 3.05) is 5.75 Å². The highest BCUT2D eigenvalue weighted by atomic mass is 32.2. The van der Waals surface area contributed by atoms with Gasteiger partial charge in [0.25, 0.3) is 0 Å². The van der Waals surface area contributed by atoms with Gasteiger partial charge in [0.2, 0.25) is 5.91 Å². The Balaban J connectivity index is 2.79. The van der Waals surface area contributed by atoms with E-state index in [0.717, 1.165) is 0 Å². The molecule has 0 spiro atoms. The van der Waals surface area contributed by atoms with Gasteiger partial charge in [-0.25, -0.2) is 9.97 Å². The molecule has 1 aromatic heterocycles. The number of nitrogens with one attached hydrogen (secondary N) is 1. The summed E-state index contributed by atoms with van der Waals surface area (Å²) in [4.78, 5) is 19.9. The summed E-state index contributed by atoms with van der Waals surface area (Å²) in [5.41, 5.74) is 1.10. The Bertz CT molecular complexity index is 494. The van der Waals surface area contributed by atoms with Crippen molar-refractivity contribution in [3.8, 4) is 6.07 Å². The second kappa shape index (κ2) is 6.36. The van der Waals surface area contributed by atoms with Crippen molar-refractivity contribution in [3.63, 3.8) is 0 Å². The first-order valence-corrected chi connectivity index (χ1v) is 6.60. The third-order valence-corrected chi connectivity index (χ3v) is 3.05. The molecule has 1 heterocycles. The van der Waals surface area contributed by atoms with Crippen molar-refractivity contribution in [3.05, 3.63) is 17.1 Å². The summed E-state index contributed by atoms with van der Waals surface area (Å²) in [5, 5.41) is 12.4. The van der Waals surface area contributed by atoms with E-state index in [9.17, 15) is 4.79 Å². The van der Waals surface area contributed by atoms with Crippen LogP contribution >= 0.6 is 11.8 Å². The molecule has 0 aromatic carbocycles. The zero-order valence-corrected chi connectivity index (χ0v) is 11.8. The summed E-state index contributed by atoms with van der Waals surface area (Å²) in [6.45, 7) is 7.35. The summed E-state index contributed by atoms with van der Waals surface area (Å²) in [7, 11) is 0. The predicted octanol–water partition coefficient (Wildman–Crippen LogP) is 1.58. The van der Waals surface area contributed by atoms with Crippen LogP contribution in [0, 0.1) is 25.2 Å². The second-order valence-corrected chi connectivity index (χ2v) is 5.12. The van der Waals surface area contributed by atoms with Gasteiger partial charge in [-0.2, -0.15) is 5.26 Å². The molecule has 1 amide bonds. The van der Waals surface area contributed by atoms with Gasteiger partial charge in [-0.3, -0.25) is 4.79 Å². The molecule has 0 atom stereocenters. The first-order valence-electron chi connectivity index (χ1n) is 5.61. The highest BCUT2D eigenvalue weighted by molar-refractivity contribution is 8.00. The molecule has 0 unspecified atom stereocenters. The van der Waals surface area contributed by atoms with Gasteiger partial charge in [0.05, 0.1) is 11.4 Å². The zero-order chi connectivity index (χ0) is 13.7. The van der Waals surface area contributed by atoms with Gasteiger partial charge in [0, 0.05) is 6.04 Å². The first kappa shape index (κ1) is 14.5. The van der Waals surface area contributed by atoms with Gasteiger partial charge in [-0.15, -0.1) is 0 Å². The van der Waals surface area contributed by atoms with Crippen molar-refractivity contribution in [1.29, 1.82) is 5.26 Å². The number of hydrogen-bond donors (Lipinski definition) is 1. The predicted molar refractivity (Wildman–Crippen MR) is 70.2 cm³/mol. The van der Waals surface area contributed by atoms with Crippen LogP contribution in [0.2, 0.25) is 0 Å². The average Bonchev–Trinajstić information content (AvgIpc) is 2.24. The van der Waals surface area contributed by atoms with Crippen molar-refractivity contribution < 1.29 is 4.79 Å². The van der Waals surface area contributed by atoms with Crippen LogP contribution < -0.4 is 5.32 Å². The summed E-state index contributed by atoms with van der Waals surface area (Å²) < 4.78 is 0. The van der Waals surface area contributed by atoms with Crippen LogP contribution in [0.25, 0.3) is 0 Å². The number of aromatic nitrogens is 2. The molecule has 0 radical (unpaired) electrons. The maximum atomic E-state index is 11.5. The average molecular weight is 264 g/mol. The molecule has 0 bridgehead atoms. The standard InChI is InChI=1S/C12H16N4OS/c1-7(2)14-11(17)6-18-12-10(5-13)8(3)15-9(4)16-12/h7H,6H2,1-4H3,(H,14,17). The van der Waals surface area contributed by atoms with E-state index in [1.807, 2.05) is 13.8 Å². The zero-order valence-electron chi connectivity index (χ0n) is 10.9. The molecule has 0 saturated carbocycles. The highest BCUT2D eigenvalue weighted by Gasteiger charge is 2.12. The van der Waals surface area contributed by atoms with Crippen LogP contribution in [0.1, 0.15) is 30.9 Å². The van der Waals surface area contributed by atoms with Crippen LogP contribution in [0.4, 0.5) is 0 Å². The quantitative estimate of drug-likeness (QED) is 0.660. The van der Waals surface area contributed by atoms with Crippen LogP contribution in [0.3, 0.4) is 0 Å². The fourth-order valence-corrected chi connectivity index (χ4v) is 2.30. The molecule has 96 valence electrons. The van der Waals surface area contributed by atoms with Gasteiger partial charge < -0.3 is 5.32 Å². The number of rotatable bonds is 4. The normalized spacial score (nSPS) is 10.2. The maximum absolute atomic E-state index is 11.5. The summed E-state index contributed by atoms with van der Waals surface area (Å²) >= 11 is 1.26. The number of amides is 1. The van der Waals surface area contributed by atoms with Crippen LogP contribution in [-0.4, -0.2) is 27.7 Å². The van der Waals surface area contributed by atoms with Gasteiger partial charge in [-0.05, 0) is 27.7 Å². The van der Waals surface area contributed by atoms with E-state index in [1.54, 1.807) is 13.8 Å². The monoisotopic (exact) mass is 264 g/mol. The Labute approximate surface area is 111 Å². The topological polar surface area (TPSA) is 78.7 Å². The SMILES string of the molecule is Cc1nc(C)c(C#N)c(SCC(=O)NC(C)C)n1. The summed E-state index contributed by atoms with van der Waals surface area (Å²) in [6, 6.07) is 2.19. The Morgan fingerprint density at radius 2 is 2.11 bits per heavy atom. The molecule has 0 aliphatic rings. The van der Waals surface area contributed by atoms with E-state index in [1.165, 1.54) is 11.8 Å². The number of nitrogens with zero attached hydrogens (tertiary/aromatic N) is 3. The lowest BCUT2D eigenvalue weighted by molar-refractivity contribution is -0.119. The lowest BCUT2D eigenvalue weighted by Gasteiger charge is -2.09. The van der Waals surface area contributed by atoms with Gasteiger partial charge >= 0.3 is 0 Å².